The fraction of sp³-hybridized carbons (Fsp3) is 1.00. The number of nitrogens with zero attached hydrogens (tertiary/aromatic N) is 1. The van der Waals surface area contributed by atoms with Crippen molar-refractivity contribution in [1.29, 1.82) is 0 Å². The molecule has 2 N–H and O–H groups in total. The molecule has 0 saturated heterocycles. The first-order valence-corrected chi connectivity index (χ1v) is 4.84. The summed E-state index contributed by atoms with van der Waals surface area (Å²) in [5.41, 5.74) is 0. The van der Waals surface area contributed by atoms with E-state index in [4.69, 9.17) is 26.0 Å². The van der Waals surface area contributed by atoms with Crippen molar-refractivity contribution in [2.24, 2.45) is 0 Å². The molecule has 0 aliphatic heterocycles. The van der Waals surface area contributed by atoms with Crippen molar-refractivity contribution in [2.75, 3.05) is 26.0 Å². The summed E-state index contributed by atoms with van der Waals surface area (Å²) in [4.78, 5) is 16.4. The molecule has 0 saturated carbocycles. The van der Waals surface area contributed by atoms with Gasteiger partial charge >= 0.3 is 8.25 Å². The molecule has 0 bridgehead atoms. The van der Waals surface area contributed by atoms with E-state index in [0.717, 1.165) is 19.0 Å². The summed E-state index contributed by atoms with van der Waals surface area (Å²) < 4.78 is 8.70. The second-order valence-electron chi connectivity index (χ2n) is 1.84. The normalized spacial score (nSPS) is 8.91. The zero-order valence-electron chi connectivity index (χ0n) is 6.70. The summed E-state index contributed by atoms with van der Waals surface area (Å²) in [5, 5.41) is 0. The van der Waals surface area contributed by atoms with Crippen LogP contribution in [0.25, 0.3) is 0 Å². The van der Waals surface area contributed by atoms with E-state index >= 15 is 0 Å². The SMILES string of the molecule is CCN(C)CCCl.O=[P+](O)O. The van der Waals surface area contributed by atoms with Gasteiger partial charge in [0.2, 0.25) is 0 Å². The molecular weight excluding hydrogens is 188 g/mol. The van der Waals surface area contributed by atoms with E-state index in [-0.39, 0.29) is 0 Å². The number of rotatable bonds is 3. The second kappa shape index (κ2) is 10.3. The third-order valence-corrected chi connectivity index (χ3v) is 1.18. The molecule has 0 unspecified atom stereocenters. The molecule has 0 amide bonds. The van der Waals surface area contributed by atoms with Gasteiger partial charge in [-0.2, -0.15) is 0 Å². The Morgan fingerprint density at radius 2 is 1.91 bits per heavy atom. The monoisotopic (exact) mass is 202 g/mol. The van der Waals surface area contributed by atoms with Gasteiger partial charge in [-0.1, -0.05) is 6.92 Å². The van der Waals surface area contributed by atoms with Gasteiger partial charge in [-0.3, -0.25) is 0 Å². The third kappa shape index (κ3) is 25.3. The van der Waals surface area contributed by atoms with Gasteiger partial charge in [0.15, 0.2) is 0 Å². The summed E-state index contributed by atoms with van der Waals surface area (Å²) in [6, 6.07) is 0. The third-order valence-electron chi connectivity index (χ3n) is 1.01. The van der Waals surface area contributed by atoms with Crippen molar-refractivity contribution in [3.8, 4) is 0 Å². The quantitative estimate of drug-likeness (QED) is 0.525. The first kappa shape index (κ1) is 13.8. The predicted molar refractivity (Wildman–Crippen MR) is 45.9 cm³/mol. The number of hydrogen-bond donors (Lipinski definition) is 2. The van der Waals surface area contributed by atoms with Gasteiger partial charge in [-0.05, 0) is 13.6 Å². The summed E-state index contributed by atoms with van der Waals surface area (Å²) >= 11 is 5.43. The van der Waals surface area contributed by atoms with Crippen LogP contribution in [0, 0.1) is 0 Å². The maximum absolute atomic E-state index is 8.70. The fourth-order valence-electron chi connectivity index (χ4n) is 0.302. The Labute approximate surface area is 72.7 Å². The lowest BCUT2D eigenvalue weighted by atomic mass is 10.6. The van der Waals surface area contributed by atoms with E-state index < -0.39 is 8.25 Å². The molecular formula is C5H14ClNO3P+. The molecule has 0 rings (SSSR count). The molecule has 0 fully saturated rings. The van der Waals surface area contributed by atoms with Crippen LogP contribution in [0.4, 0.5) is 0 Å². The van der Waals surface area contributed by atoms with Crippen molar-refractivity contribution in [2.45, 2.75) is 6.92 Å². The van der Waals surface area contributed by atoms with E-state index in [1.54, 1.807) is 0 Å². The lowest BCUT2D eigenvalue weighted by Crippen LogP contribution is -2.19. The van der Waals surface area contributed by atoms with Gasteiger partial charge in [0.05, 0.1) is 0 Å². The number of alkyl halides is 1. The Morgan fingerprint density at radius 1 is 1.55 bits per heavy atom. The smallest absolute Gasteiger partial charge is 0.305 e. The first-order chi connectivity index (χ1) is 5.04. The van der Waals surface area contributed by atoms with Crippen LogP contribution < -0.4 is 0 Å². The Bertz CT molecular complexity index is 99.7. The highest BCUT2D eigenvalue weighted by Gasteiger charge is 1.93. The Kier molecular flexibility index (Phi) is 12.9. The van der Waals surface area contributed by atoms with Gasteiger partial charge in [0, 0.05) is 17.0 Å². The van der Waals surface area contributed by atoms with Crippen molar-refractivity contribution >= 4 is 19.9 Å². The highest BCUT2D eigenvalue weighted by atomic mass is 35.5. The van der Waals surface area contributed by atoms with Gasteiger partial charge in [-0.25, -0.2) is 0 Å². The highest BCUT2D eigenvalue weighted by molar-refractivity contribution is 7.30. The van der Waals surface area contributed by atoms with Gasteiger partial charge in [0.25, 0.3) is 0 Å². The first-order valence-electron chi connectivity index (χ1n) is 3.14. The molecule has 11 heavy (non-hydrogen) atoms. The molecule has 0 aromatic carbocycles. The number of halogens is 1. The predicted octanol–water partition coefficient (Wildman–Crippen LogP) is 0.805. The van der Waals surface area contributed by atoms with Crippen LogP contribution in [0.1, 0.15) is 6.92 Å². The zero-order chi connectivity index (χ0) is 9.28. The molecule has 0 aliphatic rings. The van der Waals surface area contributed by atoms with E-state index in [1.165, 1.54) is 0 Å². The fourth-order valence-corrected chi connectivity index (χ4v) is 0.591. The molecule has 0 radical (unpaired) electrons. The van der Waals surface area contributed by atoms with E-state index in [0.29, 0.717) is 0 Å². The molecule has 0 heterocycles. The second-order valence-corrected chi connectivity index (χ2v) is 2.72. The zero-order valence-corrected chi connectivity index (χ0v) is 8.35. The Hall–Kier alpha value is 0.270. The van der Waals surface area contributed by atoms with Crippen molar-refractivity contribution in [3.05, 3.63) is 0 Å². The minimum Gasteiger partial charge on any atom is -0.305 e. The van der Waals surface area contributed by atoms with Crippen LogP contribution in [-0.4, -0.2) is 40.7 Å². The van der Waals surface area contributed by atoms with Gasteiger partial charge in [0.1, 0.15) is 0 Å². The minimum absolute atomic E-state index is 0.740. The lowest BCUT2D eigenvalue weighted by Gasteiger charge is -2.09. The Balaban J connectivity index is 0. The summed E-state index contributed by atoms with van der Waals surface area (Å²) in [6.07, 6.45) is 0. The average molecular weight is 203 g/mol. The van der Waals surface area contributed by atoms with Crippen LogP contribution >= 0.6 is 19.9 Å². The van der Waals surface area contributed by atoms with E-state index in [1.807, 2.05) is 0 Å². The molecule has 0 spiro atoms. The standard InChI is InChI=1S/C5H12ClN.HO3P/c1-3-7(2)5-4-6;1-4(2)3/h3-5H2,1-2H3;(H-,1,2,3)/p+1. The van der Waals surface area contributed by atoms with Crippen LogP contribution in [0.2, 0.25) is 0 Å². The lowest BCUT2D eigenvalue weighted by molar-refractivity contribution is 0.375. The maximum atomic E-state index is 8.70. The number of hydrogen-bond acceptors (Lipinski definition) is 2. The summed E-state index contributed by atoms with van der Waals surface area (Å²) in [7, 11) is -0.812. The molecule has 0 aromatic rings. The Morgan fingerprint density at radius 3 is 2.00 bits per heavy atom. The summed E-state index contributed by atoms with van der Waals surface area (Å²) in [6.45, 7) is 4.21. The molecule has 0 aromatic heterocycles. The maximum Gasteiger partial charge on any atom is 0.692 e. The largest absolute Gasteiger partial charge is 0.692 e. The average Bonchev–Trinajstić information content (AvgIpc) is 1.87. The van der Waals surface area contributed by atoms with Crippen LogP contribution in [0.5, 0.6) is 0 Å². The molecule has 0 aliphatic carbocycles. The van der Waals surface area contributed by atoms with Crippen molar-refractivity contribution < 1.29 is 14.4 Å². The van der Waals surface area contributed by atoms with E-state index in [2.05, 4.69) is 18.9 Å². The van der Waals surface area contributed by atoms with Crippen molar-refractivity contribution in [3.63, 3.8) is 0 Å². The van der Waals surface area contributed by atoms with Gasteiger partial charge in [-0.15, -0.1) is 21.4 Å². The summed E-state index contributed by atoms with van der Waals surface area (Å²) in [5.74, 6) is 0.740. The van der Waals surface area contributed by atoms with E-state index in [9.17, 15) is 0 Å². The molecule has 4 nitrogen and oxygen atoms in total. The van der Waals surface area contributed by atoms with Crippen LogP contribution in [-0.2, 0) is 4.57 Å². The van der Waals surface area contributed by atoms with Crippen molar-refractivity contribution in [1.82, 2.24) is 4.90 Å². The molecule has 68 valence electrons. The van der Waals surface area contributed by atoms with Crippen LogP contribution in [0.3, 0.4) is 0 Å². The van der Waals surface area contributed by atoms with Gasteiger partial charge < -0.3 is 4.90 Å². The topological polar surface area (TPSA) is 60.8 Å². The molecule has 0 atom stereocenters. The molecule has 6 heteroatoms. The minimum atomic E-state index is -2.87. The highest BCUT2D eigenvalue weighted by Crippen LogP contribution is 1.98. The van der Waals surface area contributed by atoms with Crippen LogP contribution in [0.15, 0.2) is 0 Å².